The molecule has 0 aliphatic heterocycles. The molecule has 26 heavy (non-hydrogen) atoms. The molecule has 0 aliphatic carbocycles. The van der Waals surface area contributed by atoms with Crippen LogP contribution in [-0.2, 0) is 22.3 Å². The summed E-state index contributed by atoms with van der Waals surface area (Å²) in [6, 6.07) is 12.8. The molecule has 0 unspecified atom stereocenters. The van der Waals surface area contributed by atoms with Crippen molar-refractivity contribution in [3.8, 4) is 0 Å². The van der Waals surface area contributed by atoms with Crippen LogP contribution in [0.2, 0.25) is 0 Å². The number of carbonyl (C=O) groups is 2. The largest absolute Gasteiger partial charge is 0.416 e. The average molecular weight is 366 g/mol. The van der Waals surface area contributed by atoms with Crippen molar-refractivity contribution in [1.82, 2.24) is 4.90 Å². The number of benzene rings is 2. The lowest BCUT2D eigenvalue weighted by Crippen LogP contribution is -2.40. The maximum atomic E-state index is 12.7. The third-order valence-corrected chi connectivity index (χ3v) is 3.52. The van der Waals surface area contributed by atoms with Crippen LogP contribution in [0.25, 0.3) is 0 Å². The molecule has 0 saturated carbocycles. The first-order valence-corrected chi connectivity index (χ1v) is 7.73. The average Bonchev–Trinajstić information content (AvgIpc) is 2.61. The second kappa shape index (κ2) is 8.48. The van der Waals surface area contributed by atoms with Gasteiger partial charge in [0.05, 0.1) is 12.2 Å². The van der Waals surface area contributed by atoms with Crippen molar-refractivity contribution in [2.45, 2.75) is 12.7 Å². The molecule has 0 atom stereocenters. The molecule has 2 aromatic carbocycles. The number of hydrogen-bond acceptors (Lipinski definition) is 3. The topological polar surface area (TPSA) is 69.6 Å². The van der Waals surface area contributed by atoms with E-state index >= 15 is 0 Å². The summed E-state index contributed by atoms with van der Waals surface area (Å²) < 4.78 is 38.2. The fourth-order valence-electron chi connectivity index (χ4n) is 2.28. The molecule has 0 fully saturated rings. The Hall–Kier alpha value is -2.87. The van der Waals surface area contributed by atoms with Crippen molar-refractivity contribution in [3.05, 3.63) is 65.7 Å². The molecule has 0 aliphatic rings. The second-order valence-corrected chi connectivity index (χ2v) is 5.47. The molecule has 0 aromatic heterocycles. The zero-order valence-corrected chi connectivity index (χ0v) is 13.7. The minimum atomic E-state index is -4.55. The van der Waals surface area contributed by atoms with Gasteiger partial charge in [0.2, 0.25) is 0 Å². The Labute approximate surface area is 148 Å². The lowest BCUT2D eigenvalue weighted by Gasteiger charge is -2.21. The van der Waals surface area contributed by atoms with E-state index in [2.05, 4.69) is 5.32 Å². The first-order valence-electron chi connectivity index (χ1n) is 7.73. The van der Waals surface area contributed by atoms with E-state index in [4.69, 9.17) is 5.11 Å². The number of amides is 2. The predicted octanol–water partition coefficient (Wildman–Crippen LogP) is 2.67. The Morgan fingerprint density at radius 2 is 1.73 bits per heavy atom. The molecular formula is C18H17F3N2O3. The summed E-state index contributed by atoms with van der Waals surface area (Å²) in [6.07, 6.45) is -4.55. The van der Waals surface area contributed by atoms with Crippen LogP contribution in [0.4, 0.5) is 18.9 Å². The Morgan fingerprint density at radius 3 is 2.35 bits per heavy atom. The highest BCUT2D eigenvalue weighted by Gasteiger charge is 2.31. The van der Waals surface area contributed by atoms with Crippen LogP contribution in [0.5, 0.6) is 0 Å². The maximum absolute atomic E-state index is 12.7. The normalized spacial score (nSPS) is 11.1. The minimum absolute atomic E-state index is 0.0796. The fourth-order valence-corrected chi connectivity index (χ4v) is 2.28. The highest BCUT2D eigenvalue weighted by molar-refractivity contribution is 6.39. The lowest BCUT2D eigenvalue weighted by molar-refractivity contribution is -0.143. The molecule has 0 radical (unpaired) electrons. The molecule has 5 nitrogen and oxygen atoms in total. The van der Waals surface area contributed by atoms with Gasteiger partial charge in [-0.3, -0.25) is 9.59 Å². The number of aliphatic hydroxyl groups excluding tert-OH is 1. The monoisotopic (exact) mass is 366 g/mol. The van der Waals surface area contributed by atoms with Gasteiger partial charge in [-0.25, -0.2) is 0 Å². The molecule has 138 valence electrons. The van der Waals surface area contributed by atoms with Crippen LogP contribution in [0, 0.1) is 0 Å². The molecule has 0 spiro atoms. The number of hydrogen-bond donors (Lipinski definition) is 2. The highest BCUT2D eigenvalue weighted by Crippen LogP contribution is 2.30. The van der Waals surface area contributed by atoms with E-state index < -0.39 is 23.6 Å². The van der Waals surface area contributed by atoms with Crippen LogP contribution < -0.4 is 5.32 Å². The molecule has 0 bridgehead atoms. The first kappa shape index (κ1) is 19.5. The summed E-state index contributed by atoms with van der Waals surface area (Å²) in [7, 11) is 0. The second-order valence-electron chi connectivity index (χ2n) is 5.47. The Balaban J connectivity index is 2.10. The van der Waals surface area contributed by atoms with Crippen molar-refractivity contribution in [2.75, 3.05) is 18.5 Å². The summed E-state index contributed by atoms with van der Waals surface area (Å²) in [5, 5.41) is 11.3. The minimum Gasteiger partial charge on any atom is -0.395 e. The SMILES string of the molecule is O=C(Nc1cccc(C(F)(F)F)c1)C(=O)N(CCO)Cc1ccccc1. The third-order valence-electron chi connectivity index (χ3n) is 3.52. The van der Waals surface area contributed by atoms with Crippen LogP contribution in [-0.4, -0.2) is 35.0 Å². The van der Waals surface area contributed by atoms with Gasteiger partial charge in [0.1, 0.15) is 0 Å². The summed E-state index contributed by atoms with van der Waals surface area (Å²) in [6.45, 7) is -0.338. The fraction of sp³-hybridized carbons (Fsp3) is 0.222. The van der Waals surface area contributed by atoms with Crippen molar-refractivity contribution >= 4 is 17.5 Å². The van der Waals surface area contributed by atoms with E-state index in [0.717, 1.165) is 28.7 Å². The van der Waals surface area contributed by atoms with E-state index in [1.54, 1.807) is 30.3 Å². The van der Waals surface area contributed by atoms with E-state index in [-0.39, 0.29) is 25.4 Å². The number of aliphatic hydroxyl groups is 1. The number of halogens is 3. The molecule has 8 heteroatoms. The van der Waals surface area contributed by atoms with E-state index in [1.807, 2.05) is 0 Å². The molecule has 2 rings (SSSR count). The molecule has 2 N–H and O–H groups in total. The zero-order chi connectivity index (χ0) is 19.2. The van der Waals surface area contributed by atoms with Gasteiger partial charge in [0.25, 0.3) is 0 Å². The summed E-state index contributed by atoms with van der Waals surface area (Å²) >= 11 is 0. The van der Waals surface area contributed by atoms with Crippen molar-refractivity contribution in [1.29, 1.82) is 0 Å². The smallest absolute Gasteiger partial charge is 0.395 e. The number of nitrogens with zero attached hydrogens (tertiary/aromatic N) is 1. The maximum Gasteiger partial charge on any atom is 0.416 e. The Morgan fingerprint density at radius 1 is 1.04 bits per heavy atom. The standard InChI is InChI=1S/C18H17F3N2O3/c19-18(20,21)14-7-4-8-15(11-14)22-16(25)17(26)23(9-10-24)12-13-5-2-1-3-6-13/h1-8,11,24H,9-10,12H2,(H,22,25). The number of anilines is 1. The van der Waals surface area contributed by atoms with Crippen molar-refractivity contribution in [2.24, 2.45) is 0 Å². The molecule has 2 amide bonds. The van der Waals surface area contributed by atoms with E-state index in [0.29, 0.717) is 0 Å². The van der Waals surface area contributed by atoms with Crippen LogP contribution >= 0.6 is 0 Å². The van der Waals surface area contributed by atoms with Crippen LogP contribution in [0.1, 0.15) is 11.1 Å². The van der Waals surface area contributed by atoms with Crippen molar-refractivity contribution < 1.29 is 27.9 Å². The summed E-state index contributed by atoms with van der Waals surface area (Å²) in [4.78, 5) is 25.5. The summed E-state index contributed by atoms with van der Waals surface area (Å²) in [5.41, 5.74) is -0.317. The van der Waals surface area contributed by atoms with Gasteiger partial charge in [-0.05, 0) is 23.8 Å². The van der Waals surface area contributed by atoms with Gasteiger partial charge >= 0.3 is 18.0 Å². The molecule has 2 aromatic rings. The first-order chi connectivity index (χ1) is 12.3. The predicted molar refractivity (Wildman–Crippen MR) is 89.0 cm³/mol. The lowest BCUT2D eigenvalue weighted by atomic mass is 10.2. The number of carbonyl (C=O) groups excluding carboxylic acids is 2. The Bertz CT molecular complexity index is 764. The number of alkyl halides is 3. The quantitative estimate of drug-likeness (QED) is 0.800. The van der Waals surface area contributed by atoms with Gasteiger partial charge < -0.3 is 15.3 Å². The van der Waals surface area contributed by atoms with Crippen LogP contribution in [0.3, 0.4) is 0 Å². The van der Waals surface area contributed by atoms with Crippen molar-refractivity contribution in [3.63, 3.8) is 0 Å². The van der Waals surface area contributed by atoms with Gasteiger partial charge in [0.15, 0.2) is 0 Å². The highest BCUT2D eigenvalue weighted by atomic mass is 19.4. The van der Waals surface area contributed by atoms with Crippen LogP contribution in [0.15, 0.2) is 54.6 Å². The third kappa shape index (κ3) is 5.32. The molecule has 0 heterocycles. The summed E-state index contributed by atoms with van der Waals surface area (Å²) in [5.74, 6) is -2.02. The molecule has 0 saturated heterocycles. The molecular weight excluding hydrogens is 349 g/mol. The van der Waals surface area contributed by atoms with E-state index in [9.17, 15) is 22.8 Å². The van der Waals surface area contributed by atoms with Gasteiger partial charge in [0, 0.05) is 18.8 Å². The van der Waals surface area contributed by atoms with Gasteiger partial charge in [-0.15, -0.1) is 0 Å². The number of nitrogens with one attached hydrogen (secondary N) is 1. The zero-order valence-electron chi connectivity index (χ0n) is 13.7. The Kier molecular flexibility index (Phi) is 6.35. The van der Waals surface area contributed by atoms with Gasteiger partial charge in [-0.2, -0.15) is 13.2 Å². The van der Waals surface area contributed by atoms with E-state index in [1.165, 1.54) is 6.07 Å². The number of rotatable bonds is 5. The van der Waals surface area contributed by atoms with Gasteiger partial charge in [-0.1, -0.05) is 36.4 Å².